The lowest BCUT2D eigenvalue weighted by molar-refractivity contribution is 0.00578. The summed E-state index contributed by atoms with van der Waals surface area (Å²) < 4.78 is 35.8. The van der Waals surface area contributed by atoms with Gasteiger partial charge in [0.2, 0.25) is 0 Å². The quantitative estimate of drug-likeness (QED) is 0.649. The van der Waals surface area contributed by atoms with Crippen LogP contribution in [0.25, 0.3) is 0 Å². The Kier molecular flexibility index (Phi) is 2.19. The number of rotatable bonds is 1. The highest BCUT2D eigenvalue weighted by Crippen LogP contribution is 2.45. The number of hydrogen-bond acceptors (Lipinski definition) is 2. The molecule has 0 amide bonds. The Balaban J connectivity index is 2.35. The molecule has 0 spiro atoms. The van der Waals surface area contributed by atoms with Crippen LogP contribution in [0.2, 0.25) is 0 Å². The zero-order valence-electron chi connectivity index (χ0n) is 14.6. The zero-order valence-corrected chi connectivity index (χ0v) is 11.6. The Hall–Kier alpha value is -0.275. The predicted octanol–water partition coefficient (Wildman–Crippen LogP) is 3.75. The van der Waals surface area contributed by atoms with E-state index in [1.165, 1.54) is 0 Å². The highest BCUT2D eigenvalue weighted by molar-refractivity contribution is 6.55. The van der Waals surface area contributed by atoms with Crippen molar-refractivity contribution in [3.8, 4) is 0 Å². The van der Waals surface area contributed by atoms with Crippen molar-refractivity contribution >= 4 is 7.12 Å². The Morgan fingerprint density at radius 1 is 1.18 bits per heavy atom. The van der Waals surface area contributed by atoms with Crippen LogP contribution in [0, 0.1) is 5.41 Å². The van der Waals surface area contributed by atoms with Gasteiger partial charge in [0.05, 0.1) is 11.2 Å². The summed E-state index contributed by atoms with van der Waals surface area (Å²) in [5, 5.41) is 0. The summed E-state index contributed by atoms with van der Waals surface area (Å²) in [6.07, 6.45) is 4.46. The van der Waals surface area contributed by atoms with Crippen molar-refractivity contribution < 1.29 is 13.4 Å². The molecule has 1 unspecified atom stereocenters. The largest absolute Gasteiger partial charge is 0.490 e. The van der Waals surface area contributed by atoms with Crippen LogP contribution in [0.15, 0.2) is 11.5 Å². The van der Waals surface area contributed by atoms with Crippen LogP contribution in [0.5, 0.6) is 0 Å². The Bertz CT molecular complexity index is 413. The molecule has 0 bridgehead atoms. The van der Waals surface area contributed by atoms with Gasteiger partial charge in [-0.05, 0) is 57.8 Å². The van der Waals surface area contributed by atoms with Crippen molar-refractivity contribution in [2.75, 3.05) is 0 Å². The van der Waals surface area contributed by atoms with Gasteiger partial charge in [-0.25, -0.2) is 0 Å². The minimum Gasteiger partial charge on any atom is -0.400 e. The molecule has 2 rings (SSSR count). The summed E-state index contributed by atoms with van der Waals surface area (Å²) in [5.41, 5.74) is -0.939. The van der Waals surface area contributed by atoms with Crippen molar-refractivity contribution in [2.45, 2.75) is 71.9 Å². The topological polar surface area (TPSA) is 18.5 Å². The van der Waals surface area contributed by atoms with Crippen LogP contribution in [0.1, 0.15) is 64.8 Å². The first kappa shape index (κ1) is 9.63. The standard InChI is InChI=1S/C14H25BO2/c1-12(2)10-8-7-9-11(12)15-16-13(3,4)14(5,6)17-15/h9H,7-8,10H2,1-6H3/i1D3. The monoisotopic (exact) mass is 239 g/mol. The second kappa shape index (κ2) is 3.86. The lowest BCUT2D eigenvalue weighted by atomic mass is 9.60. The van der Waals surface area contributed by atoms with Crippen LogP contribution < -0.4 is 0 Å². The molecule has 3 heteroatoms. The molecule has 1 heterocycles. The summed E-state index contributed by atoms with van der Waals surface area (Å²) in [6, 6.07) is 0. The molecule has 17 heavy (non-hydrogen) atoms. The smallest absolute Gasteiger partial charge is 0.400 e. The SMILES string of the molecule is [2H]C([2H])([2H])C1(C)CCCC=C1B1OC(C)(C)C(C)(C)O1. The van der Waals surface area contributed by atoms with Gasteiger partial charge in [0.25, 0.3) is 0 Å². The fourth-order valence-electron chi connectivity index (χ4n) is 2.41. The molecule has 1 aliphatic heterocycles. The lowest BCUT2D eigenvalue weighted by Gasteiger charge is -2.33. The normalized spacial score (nSPS) is 39.2. The van der Waals surface area contributed by atoms with Gasteiger partial charge in [-0.15, -0.1) is 0 Å². The van der Waals surface area contributed by atoms with E-state index in [2.05, 4.69) is 0 Å². The highest BCUT2D eigenvalue weighted by Gasteiger charge is 2.54. The van der Waals surface area contributed by atoms with Gasteiger partial charge in [0.15, 0.2) is 0 Å². The average molecular weight is 239 g/mol. The van der Waals surface area contributed by atoms with Crippen molar-refractivity contribution in [3.05, 3.63) is 11.5 Å². The molecule has 0 aromatic heterocycles. The van der Waals surface area contributed by atoms with Gasteiger partial charge in [0.1, 0.15) is 0 Å². The first-order chi connectivity index (χ1) is 8.91. The van der Waals surface area contributed by atoms with Gasteiger partial charge in [-0.3, -0.25) is 0 Å². The molecule has 0 aromatic rings. The number of allylic oxidation sites excluding steroid dienone is 2. The minimum atomic E-state index is -2.04. The molecular formula is C14H25BO2. The van der Waals surface area contributed by atoms with Gasteiger partial charge in [-0.2, -0.15) is 0 Å². The second-order valence-corrected chi connectivity index (χ2v) is 6.47. The lowest BCUT2D eigenvalue weighted by Crippen LogP contribution is -2.41. The van der Waals surface area contributed by atoms with Gasteiger partial charge in [-0.1, -0.05) is 19.9 Å². The van der Waals surface area contributed by atoms with Gasteiger partial charge in [0, 0.05) is 4.11 Å². The molecule has 0 saturated carbocycles. The van der Waals surface area contributed by atoms with Crippen molar-refractivity contribution in [1.29, 1.82) is 0 Å². The van der Waals surface area contributed by atoms with E-state index >= 15 is 0 Å². The molecule has 2 nitrogen and oxygen atoms in total. The molecular weight excluding hydrogens is 211 g/mol. The maximum Gasteiger partial charge on any atom is 0.490 e. The van der Waals surface area contributed by atoms with E-state index < -0.39 is 30.6 Å². The van der Waals surface area contributed by atoms with E-state index in [9.17, 15) is 0 Å². The molecule has 0 N–H and O–H groups in total. The molecule has 1 atom stereocenters. The van der Waals surface area contributed by atoms with E-state index in [-0.39, 0.29) is 0 Å². The van der Waals surface area contributed by atoms with Crippen molar-refractivity contribution in [1.82, 2.24) is 0 Å². The van der Waals surface area contributed by atoms with E-state index in [1.54, 1.807) is 0 Å². The molecule has 96 valence electrons. The first-order valence-corrected chi connectivity index (χ1v) is 6.47. The third-order valence-electron chi connectivity index (χ3n) is 4.39. The minimum absolute atomic E-state index is 0.439. The Morgan fingerprint density at radius 3 is 2.29 bits per heavy atom. The third kappa shape index (κ3) is 2.20. The molecule has 1 saturated heterocycles. The maximum atomic E-state index is 7.90. The average Bonchev–Trinajstić information content (AvgIpc) is 2.47. The van der Waals surface area contributed by atoms with E-state index in [1.807, 2.05) is 40.7 Å². The summed E-state index contributed by atoms with van der Waals surface area (Å²) in [5.74, 6) is 0. The number of hydrogen-bond donors (Lipinski definition) is 0. The highest BCUT2D eigenvalue weighted by atomic mass is 16.7. The fraction of sp³-hybridized carbons (Fsp3) is 0.857. The predicted molar refractivity (Wildman–Crippen MR) is 71.8 cm³/mol. The Morgan fingerprint density at radius 2 is 1.76 bits per heavy atom. The third-order valence-corrected chi connectivity index (χ3v) is 4.39. The first-order valence-electron chi connectivity index (χ1n) is 7.97. The fourth-order valence-corrected chi connectivity index (χ4v) is 2.41. The zero-order chi connectivity index (χ0) is 15.4. The van der Waals surface area contributed by atoms with Crippen LogP contribution in [0.4, 0.5) is 0 Å². The van der Waals surface area contributed by atoms with Crippen molar-refractivity contribution in [3.63, 3.8) is 0 Å². The Labute approximate surface area is 110 Å². The molecule has 0 aromatic carbocycles. The van der Waals surface area contributed by atoms with Crippen LogP contribution in [-0.2, 0) is 9.31 Å². The van der Waals surface area contributed by atoms with Crippen molar-refractivity contribution in [2.24, 2.45) is 5.41 Å². The van der Waals surface area contributed by atoms with E-state index in [4.69, 9.17) is 13.4 Å². The van der Waals surface area contributed by atoms with Gasteiger partial charge >= 0.3 is 7.12 Å². The summed E-state index contributed by atoms with van der Waals surface area (Å²) >= 11 is 0. The van der Waals surface area contributed by atoms with Crippen LogP contribution in [0.3, 0.4) is 0 Å². The maximum absolute atomic E-state index is 7.90. The molecule has 1 fully saturated rings. The van der Waals surface area contributed by atoms with Crippen LogP contribution in [-0.4, -0.2) is 18.3 Å². The van der Waals surface area contributed by atoms with E-state index in [0.717, 1.165) is 18.3 Å². The van der Waals surface area contributed by atoms with Gasteiger partial charge < -0.3 is 9.31 Å². The van der Waals surface area contributed by atoms with E-state index in [0.29, 0.717) is 6.42 Å². The molecule has 2 aliphatic rings. The summed E-state index contributed by atoms with van der Waals surface area (Å²) in [7, 11) is -0.550. The summed E-state index contributed by atoms with van der Waals surface area (Å²) in [4.78, 5) is 0. The second-order valence-electron chi connectivity index (χ2n) is 6.47. The molecule has 1 aliphatic carbocycles. The molecule has 0 radical (unpaired) electrons. The van der Waals surface area contributed by atoms with Crippen LogP contribution >= 0.6 is 0 Å². The summed E-state index contributed by atoms with van der Waals surface area (Å²) in [6.45, 7) is 7.73.